The third kappa shape index (κ3) is 6.81. The van der Waals surface area contributed by atoms with Gasteiger partial charge < -0.3 is 16.2 Å². The van der Waals surface area contributed by atoms with E-state index in [2.05, 4.69) is 43.2 Å². The molecule has 1 aromatic heterocycles. The number of carbonyl (C=O) groups is 1. The largest absolute Gasteiger partial charge is 0.483 e. The molecule has 0 aliphatic carbocycles. The summed E-state index contributed by atoms with van der Waals surface area (Å²) in [5.74, 6) is 0. The van der Waals surface area contributed by atoms with Gasteiger partial charge in [-0.25, -0.2) is 0 Å². The van der Waals surface area contributed by atoms with Crippen molar-refractivity contribution < 1.29 is 9.90 Å². The van der Waals surface area contributed by atoms with Crippen LogP contribution >= 0.6 is 11.3 Å². The van der Waals surface area contributed by atoms with Gasteiger partial charge in [0.05, 0.1) is 0 Å². The molecular formula is C13H26N4O2S. The second-order valence-corrected chi connectivity index (χ2v) is 6.16. The topological polar surface area (TPSA) is 101 Å². The zero-order chi connectivity index (χ0) is 15.6. The molecule has 1 aromatic rings. The Hall–Kier alpha value is -1.21. The van der Waals surface area contributed by atoms with E-state index < -0.39 is 0 Å². The molecule has 6 nitrogen and oxygen atoms in total. The van der Waals surface area contributed by atoms with Crippen LogP contribution < -0.4 is 11.1 Å². The van der Waals surface area contributed by atoms with Crippen LogP contribution in [0.2, 0.25) is 0 Å². The Labute approximate surface area is 124 Å². The number of nitrogen functional groups attached to an aromatic ring is 1. The molecule has 0 aliphatic rings. The molecule has 7 heteroatoms. The quantitative estimate of drug-likeness (QED) is 0.668. The van der Waals surface area contributed by atoms with Crippen LogP contribution in [-0.4, -0.2) is 34.4 Å². The van der Waals surface area contributed by atoms with E-state index in [-0.39, 0.29) is 11.9 Å². The first-order chi connectivity index (χ1) is 9.41. The maximum absolute atomic E-state index is 8.36. The van der Waals surface area contributed by atoms with Crippen molar-refractivity contribution >= 4 is 22.9 Å². The van der Waals surface area contributed by atoms with Crippen LogP contribution in [0.5, 0.6) is 0 Å². The van der Waals surface area contributed by atoms with Crippen molar-refractivity contribution in [3.05, 3.63) is 5.01 Å². The van der Waals surface area contributed by atoms with Gasteiger partial charge in [-0.15, -0.1) is 10.2 Å². The summed E-state index contributed by atoms with van der Waals surface area (Å²) >= 11 is 1.49. The second-order valence-electron chi connectivity index (χ2n) is 5.15. The molecule has 0 atom stereocenters. The van der Waals surface area contributed by atoms with Crippen LogP contribution in [0, 0.1) is 0 Å². The molecule has 4 N–H and O–H groups in total. The van der Waals surface area contributed by atoms with E-state index in [9.17, 15) is 0 Å². The summed E-state index contributed by atoms with van der Waals surface area (Å²) in [6, 6.07) is 0.630. The Morgan fingerprint density at radius 3 is 2.35 bits per heavy atom. The van der Waals surface area contributed by atoms with Gasteiger partial charge in [0.2, 0.25) is 5.13 Å². The molecule has 20 heavy (non-hydrogen) atoms. The lowest BCUT2D eigenvalue weighted by atomic mass is 9.90. The Morgan fingerprint density at radius 1 is 1.40 bits per heavy atom. The molecule has 116 valence electrons. The van der Waals surface area contributed by atoms with Crippen molar-refractivity contribution in [2.24, 2.45) is 0 Å². The van der Waals surface area contributed by atoms with Gasteiger partial charge in [-0.2, -0.15) is 0 Å². The Morgan fingerprint density at radius 2 is 1.95 bits per heavy atom. The highest BCUT2D eigenvalue weighted by molar-refractivity contribution is 7.15. The number of nitrogens with zero attached hydrogens (tertiary/aromatic N) is 2. The summed E-state index contributed by atoms with van der Waals surface area (Å²) in [5.41, 5.74) is 5.67. The average Bonchev–Trinajstić information content (AvgIpc) is 2.83. The van der Waals surface area contributed by atoms with Gasteiger partial charge in [-0.3, -0.25) is 4.79 Å². The summed E-state index contributed by atoms with van der Waals surface area (Å²) in [5, 5.41) is 20.1. The number of anilines is 1. The smallest absolute Gasteiger partial charge is 0.290 e. The van der Waals surface area contributed by atoms with Crippen LogP contribution in [0.25, 0.3) is 0 Å². The van der Waals surface area contributed by atoms with Crippen LogP contribution in [0.1, 0.15) is 52.0 Å². The molecule has 0 amide bonds. The SMILES string of the molecule is CCC(CC)NCCC(C)(C)c1nnc(N)s1.O=CO. The van der Waals surface area contributed by atoms with Gasteiger partial charge in [0.25, 0.3) is 6.47 Å². The number of nitrogens with two attached hydrogens (primary N) is 1. The number of carboxylic acid groups (broad SMARTS) is 1. The molecule has 0 aromatic carbocycles. The first kappa shape index (κ1) is 18.8. The molecule has 0 bridgehead atoms. The van der Waals surface area contributed by atoms with E-state index in [0.717, 1.165) is 18.0 Å². The van der Waals surface area contributed by atoms with Gasteiger partial charge in [0, 0.05) is 11.5 Å². The van der Waals surface area contributed by atoms with Gasteiger partial charge in [0.15, 0.2) is 0 Å². The van der Waals surface area contributed by atoms with Gasteiger partial charge >= 0.3 is 0 Å². The third-order valence-corrected chi connectivity index (χ3v) is 4.31. The number of aromatic nitrogens is 2. The zero-order valence-corrected chi connectivity index (χ0v) is 13.5. The van der Waals surface area contributed by atoms with Crippen molar-refractivity contribution in [2.45, 2.75) is 58.4 Å². The molecule has 1 rings (SSSR count). The van der Waals surface area contributed by atoms with Gasteiger partial charge in [0.1, 0.15) is 5.01 Å². The Kier molecular flexibility index (Phi) is 9.07. The molecule has 0 spiro atoms. The fourth-order valence-electron chi connectivity index (χ4n) is 1.78. The monoisotopic (exact) mass is 302 g/mol. The van der Waals surface area contributed by atoms with E-state index in [1.807, 2.05) is 0 Å². The maximum atomic E-state index is 8.36. The lowest BCUT2D eigenvalue weighted by Crippen LogP contribution is -2.32. The van der Waals surface area contributed by atoms with Crippen molar-refractivity contribution in [3.63, 3.8) is 0 Å². The van der Waals surface area contributed by atoms with E-state index in [4.69, 9.17) is 15.6 Å². The standard InChI is InChI=1S/C12H24N4S.CH2O2/c1-5-9(6-2)14-8-7-12(3,4)10-15-16-11(13)17-10;2-1-3/h9,14H,5-8H2,1-4H3,(H2,13,16);1H,(H,2,3). The van der Waals surface area contributed by atoms with E-state index >= 15 is 0 Å². The van der Waals surface area contributed by atoms with E-state index in [0.29, 0.717) is 11.2 Å². The van der Waals surface area contributed by atoms with Crippen LogP contribution in [-0.2, 0) is 10.2 Å². The first-order valence-corrected chi connectivity index (χ1v) is 7.63. The highest BCUT2D eigenvalue weighted by atomic mass is 32.1. The zero-order valence-electron chi connectivity index (χ0n) is 12.7. The molecule has 0 saturated heterocycles. The summed E-state index contributed by atoms with van der Waals surface area (Å²) in [6.07, 6.45) is 3.42. The maximum Gasteiger partial charge on any atom is 0.290 e. The summed E-state index contributed by atoms with van der Waals surface area (Å²) in [7, 11) is 0. The number of hydrogen-bond donors (Lipinski definition) is 3. The Bertz CT molecular complexity index is 378. The van der Waals surface area contributed by atoms with Crippen LogP contribution in [0.15, 0.2) is 0 Å². The first-order valence-electron chi connectivity index (χ1n) is 6.81. The minimum atomic E-state index is -0.250. The second kappa shape index (κ2) is 9.66. The van der Waals surface area contributed by atoms with Crippen LogP contribution in [0.4, 0.5) is 5.13 Å². The van der Waals surface area contributed by atoms with Crippen molar-refractivity contribution in [3.8, 4) is 0 Å². The Balaban J connectivity index is 0.00000110. The highest BCUT2D eigenvalue weighted by Gasteiger charge is 2.24. The molecule has 0 saturated carbocycles. The lowest BCUT2D eigenvalue weighted by Gasteiger charge is -2.23. The van der Waals surface area contributed by atoms with Crippen LogP contribution in [0.3, 0.4) is 0 Å². The molecular weight excluding hydrogens is 276 g/mol. The fourth-order valence-corrected chi connectivity index (χ4v) is 2.52. The van der Waals surface area contributed by atoms with E-state index in [1.165, 1.54) is 24.2 Å². The van der Waals surface area contributed by atoms with Gasteiger partial charge in [-0.05, 0) is 25.8 Å². The number of hydrogen-bond acceptors (Lipinski definition) is 6. The molecule has 0 aliphatic heterocycles. The molecule has 0 fully saturated rings. The summed E-state index contributed by atoms with van der Waals surface area (Å²) < 4.78 is 0. The predicted octanol–water partition coefficient (Wildman–Crippen LogP) is 2.27. The van der Waals surface area contributed by atoms with E-state index in [1.54, 1.807) is 0 Å². The molecule has 0 radical (unpaired) electrons. The summed E-state index contributed by atoms with van der Waals surface area (Å²) in [6.45, 7) is 9.59. The average molecular weight is 302 g/mol. The highest BCUT2D eigenvalue weighted by Crippen LogP contribution is 2.29. The number of nitrogens with one attached hydrogen (secondary N) is 1. The fraction of sp³-hybridized carbons (Fsp3) is 0.769. The minimum absolute atomic E-state index is 0.0499. The third-order valence-electron chi connectivity index (χ3n) is 3.19. The summed E-state index contributed by atoms with van der Waals surface area (Å²) in [4.78, 5) is 8.36. The van der Waals surface area contributed by atoms with Gasteiger partial charge in [-0.1, -0.05) is 39.0 Å². The van der Waals surface area contributed by atoms with Crippen molar-refractivity contribution in [1.82, 2.24) is 15.5 Å². The minimum Gasteiger partial charge on any atom is -0.483 e. The number of rotatable bonds is 7. The predicted molar refractivity (Wildman–Crippen MR) is 83.0 cm³/mol. The molecule has 0 unspecified atom stereocenters. The molecule has 1 heterocycles. The van der Waals surface area contributed by atoms with Crippen molar-refractivity contribution in [2.75, 3.05) is 12.3 Å². The van der Waals surface area contributed by atoms with Crippen molar-refractivity contribution in [1.29, 1.82) is 0 Å². The normalized spacial score (nSPS) is 11.1. The lowest BCUT2D eigenvalue weighted by molar-refractivity contribution is -0.122.